The Labute approximate surface area is 183 Å². The third-order valence-electron chi connectivity index (χ3n) is 5.90. The monoisotopic (exact) mass is 423 g/mol. The van der Waals surface area contributed by atoms with E-state index in [1.165, 1.54) is 0 Å². The molecule has 0 bridgehead atoms. The molecular formula is C24H29N3O4. The summed E-state index contributed by atoms with van der Waals surface area (Å²) in [5.74, 6) is 1.40. The lowest BCUT2D eigenvalue weighted by Gasteiger charge is -2.29. The molecule has 0 aromatic heterocycles. The number of methoxy groups -OCH3 is 2. The van der Waals surface area contributed by atoms with Crippen LogP contribution in [0.4, 0.5) is 0 Å². The first kappa shape index (κ1) is 21.3. The SMILES string of the molecule is COc1ccc(C2=NN(C(=O)CN3CCOCC3)[C@H](c3ccccc3C)C2)c(OC)c1. The van der Waals surface area contributed by atoms with Gasteiger partial charge in [0.2, 0.25) is 0 Å². The maximum absolute atomic E-state index is 13.3. The van der Waals surface area contributed by atoms with E-state index in [-0.39, 0.29) is 11.9 Å². The summed E-state index contributed by atoms with van der Waals surface area (Å²) in [4.78, 5) is 15.5. The highest BCUT2D eigenvalue weighted by molar-refractivity contribution is 6.05. The van der Waals surface area contributed by atoms with Gasteiger partial charge < -0.3 is 14.2 Å². The van der Waals surface area contributed by atoms with Gasteiger partial charge in [0, 0.05) is 31.1 Å². The first-order chi connectivity index (χ1) is 15.1. The van der Waals surface area contributed by atoms with Crippen molar-refractivity contribution in [1.29, 1.82) is 0 Å². The lowest BCUT2D eigenvalue weighted by atomic mass is 9.95. The van der Waals surface area contributed by atoms with Gasteiger partial charge in [-0.25, -0.2) is 5.01 Å². The maximum atomic E-state index is 13.3. The van der Waals surface area contributed by atoms with Crippen molar-refractivity contribution in [1.82, 2.24) is 9.91 Å². The van der Waals surface area contributed by atoms with Crippen molar-refractivity contribution in [2.45, 2.75) is 19.4 Å². The van der Waals surface area contributed by atoms with E-state index in [0.717, 1.165) is 41.2 Å². The van der Waals surface area contributed by atoms with E-state index < -0.39 is 0 Å². The largest absolute Gasteiger partial charge is 0.497 e. The summed E-state index contributed by atoms with van der Waals surface area (Å²) in [5.41, 5.74) is 3.98. The molecule has 164 valence electrons. The Balaban J connectivity index is 1.66. The van der Waals surface area contributed by atoms with Gasteiger partial charge in [-0.15, -0.1) is 0 Å². The third-order valence-corrected chi connectivity index (χ3v) is 5.90. The summed E-state index contributed by atoms with van der Waals surface area (Å²) in [5, 5.41) is 6.47. The number of ether oxygens (including phenoxy) is 3. The number of carbonyl (C=O) groups excluding carboxylic acids is 1. The molecule has 1 saturated heterocycles. The molecule has 2 heterocycles. The topological polar surface area (TPSA) is 63.6 Å². The second kappa shape index (κ2) is 9.49. The average Bonchev–Trinajstić information content (AvgIpc) is 3.24. The first-order valence-corrected chi connectivity index (χ1v) is 10.6. The van der Waals surface area contributed by atoms with E-state index in [2.05, 4.69) is 24.0 Å². The minimum absolute atomic E-state index is 0.00219. The molecule has 7 heteroatoms. The Hall–Kier alpha value is -2.90. The van der Waals surface area contributed by atoms with E-state index in [1.807, 2.05) is 30.3 Å². The fraction of sp³-hybridized carbons (Fsp3) is 0.417. The molecule has 0 unspecified atom stereocenters. The van der Waals surface area contributed by atoms with Crippen molar-refractivity contribution >= 4 is 11.6 Å². The predicted molar refractivity (Wildman–Crippen MR) is 119 cm³/mol. The Morgan fingerprint density at radius 2 is 1.90 bits per heavy atom. The fourth-order valence-corrected chi connectivity index (χ4v) is 4.17. The summed E-state index contributed by atoms with van der Waals surface area (Å²) in [6.07, 6.45) is 0.627. The predicted octanol–water partition coefficient (Wildman–Crippen LogP) is 3.02. The Kier molecular flexibility index (Phi) is 6.53. The second-order valence-corrected chi connectivity index (χ2v) is 7.82. The van der Waals surface area contributed by atoms with Gasteiger partial charge in [0.25, 0.3) is 5.91 Å². The summed E-state index contributed by atoms with van der Waals surface area (Å²) in [6.45, 7) is 5.25. The zero-order valence-corrected chi connectivity index (χ0v) is 18.3. The van der Waals surface area contributed by atoms with Crippen molar-refractivity contribution in [3.05, 3.63) is 59.2 Å². The Morgan fingerprint density at radius 1 is 1.13 bits per heavy atom. The lowest BCUT2D eigenvalue weighted by Crippen LogP contribution is -2.43. The van der Waals surface area contributed by atoms with Crippen molar-refractivity contribution < 1.29 is 19.0 Å². The molecule has 1 amide bonds. The molecule has 1 fully saturated rings. The smallest absolute Gasteiger partial charge is 0.257 e. The Morgan fingerprint density at radius 3 is 2.61 bits per heavy atom. The molecule has 4 rings (SSSR count). The van der Waals surface area contributed by atoms with Gasteiger partial charge in [-0.05, 0) is 30.2 Å². The average molecular weight is 424 g/mol. The molecule has 2 aliphatic rings. The highest BCUT2D eigenvalue weighted by Crippen LogP contribution is 2.37. The van der Waals surface area contributed by atoms with Gasteiger partial charge in [-0.3, -0.25) is 9.69 Å². The number of nitrogens with zero attached hydrogens (tertiary/aromatic N) is 3. The van der Waals surface area contributed by atoms with E-state index in [1.54, 1.807) is 19.2 Å². The van der Waals surface area contributed by atoms with E-state index >= 15 is 0 Å². The van der Waals surface area contributed by atoms with Crippen LogP contribution >= 0.6 is 0 Å². The van der Waals surface area contributed by atoms with Gasteiger partial charge in [0.1, 0.15) is 11.5 Å². The van der Waals surface area contributed by atoms with Crippen molar-refractivity contribution in [2.24, 2.45) is 5.10 Å². The van der Waals surface area contributed by atoms with Crippen LogP contribution in [0.2, 0.25) is 0 Å². The number of carbonyl (C=O) groups is 1. The molecule has 2 aromatic rings. The quantitative estimate of drug-likeness (QED) is 0.715. The molecule has 0 N–H and O–H groups in total. The zero-order chi connectivity index (χ0) is 21.8. The second-order valence-electron chi connectivity index (χ2n) is 7.82. The number of amides is 1. The summed E-state index contributed by atoms with van der Waals surface area (Å²) < 4.78 is 16.3. The van der Waals surface area contributed by atoms with Crippen LogP contribution in [0, 0.1) is 6.92 Å². The zero-order valence-electron chi connectivity index (χ0n) is 18.3. The number of aryl methyl sites for hydroxylation is 1. The molecular weight excluding hydrogens is 394 g/mol. The molecule has 2 aromatic carbocycles. The van der Waals surface area contributed by atoms with Gasteiger partial charge in [-0.1, -0.05) is 24.3 Å². The molecule has 0 radical (unpaired) electrons. The normalized spacial score (nSPS) is 19.3. The van der Waals surface area contributed by atoms with Crippen molar-refractivity contribution in [3.8, 4) is 11.5 Å². The molecule has 0 aliphatic carbocycles. The number of hydrazone groups is 1. The van der Waals surface area contributed by atoms with Crippen LogP contribution in [0.3, 0.4) is 0 Å². The number of hydrogen-bond donors (Lipinski definition) is 0. The highest BCUT2D eigenvalue weighted by Gasteiger charge is 2.35. The van der Waals surface area contributed by atoms with Crippen LogP contribution < -0.4 is 9.47 Å². The van der Waals surface area contributed by atoms with E-state index in [9.17, 15) is 4.79 Å². The lowest BCUT2D eigenvalue weighted by molar-refractivity contribution is -0.135. The van der Waals surface area contributed by atoms with Gasteiger partial charge >= 0.3 is 0 Å². The number of benzene rings is 2. The van der Waals surface area contributed by atoms with Gasteiger partial charge in [-0.2, -0.15) is 5.10 Å². The highest BCUT2D eigenvalue weighted by atomic mass is 16.5. The van der Waals surface area contributed by atoms with Gasteiger partial charge in [0.05, 0.1) is 45.7 Å². The standard InChI is InChI=1S/C24H29N3O4/c1-17-6-4-5-7-19(17)22-15-21(20-9-8-18(29-2)14-23(20)30-3)25-27(22)24(28)16-26-10-12-31-13-11-26/h4-9,14,22H,10-13,15-16H2,1-3H3/t22-/m0/s1. The Bertz CT molecular complexity index is 969. The molecule has 31 heavy (non-hydrogen) atoms. The van der Waals surface area contributed by atoms with Crippen LogP contribution in [0.1, 0.15) is 29.2 Å². The van der Waals surface area contributed by atoms with Crippen molar-refractivity contribution in [2.75, 3.05) is 47.1 Å². The van der Waals surface area contributed by atoms with E-state index in [4.69, 9.17) is 19.3 Å². The molecule has 0 spiro atoms. The van der Waals surface area contributed by atoms with Crippen LogP contribution in [-0.4, -0.2) is 68.6 Å². The van der Waals surface area contributed by atoms with E-state index in [0.29, 0.717) is 31.9 Å². The summed E-state index contributed by atoms with van der Waals surface area (Å²) in [6, 6.07) is 13.7. The minimum Gasteiger partial charge on any atom is -0.497 e. The third kappa shape index (κ3) is 4.57. The minimum atomic E-state index is -0.142. The van der Waals surface area contributed by atoms with Crippen LogP contribution in [0.5, 0.6) is 11.5 Å². The van der Waals surface area contributed by atoms with Gasteiger partial charge in [0.15, 0.2) is 0 Å². The first-order valence-electron chi connectivity index (χ1n) is 10.6. The summed E-state index contributed by atoms with van der Waals surface area (Å²) in [7, 11) is 3.26. The van der Waals surface area contributed by atoms with Crippen molar-refractivity contribution in [3.63, 3.8) is 0 Å². The molecule has 7 nitrogen and oxygen atoms in total. The molecule has 2 aliphatic heterocycles. The van der Waals surface area contributed by atoms with Crippen LogP contribution in [-0.2, 0) is 9.53 Å². The van der Waals surface area contributed by atoms with Crippen LogP contribution in [0.25, 0.3) is 0 Å². The fourth-order valence-electron chi connectivity index (χ4n) is 4.17. The number of rotatable bonds is 6. The molecule has 0 saturated carbocycles. The number of hydrogen-bond acceptors (Lipinski definition) is 6. The summed E-state index contributed by atoms with van der Waals surface area (Å²) >= 11 is 0. The maximum Gasteiger partial charge on any atom is 0.257 e. The number of morpholine rings is 1. The van der Waals surface area contributed by atoms with Crippen LogP contribution in [0.15, 0.2) is 47.6 Å². The molecule has 1 atom stereocenters.